The van der Waals surface area contributed by atoms with E-state index < -0.39 is 5.82 Å². The number of nitrogens with two attached hydrogens (primary N) is 1. The molecule has 0 fully saturated rings. The van der Waals surface area contributed by atoms with Crippen molar-refractivity contribution in [3.8, 4) is 17.1 Å². The number of benzene rings is 1. The van der Waals surface area contributed by atoms with Crippen molar-refractivity contribution >= 4 is 0 Å². The molecule has 0 aliphatic carbocycles. The Labute approximate surface area is 116 Å². The highest BCUT2D eigenvalue weighted by Crippen LogP contribution is 2.26. The maximum Gasteiger partial charge on any atom is 0.244 e. The number of hydrogen-bond donors (Lipinski definition) is 1. The van der Waals surface area contributed by atoms with Crippen LogP contribution in [0.3, 0.4) is 0 Å². The maximum absolute atomic E-state index is 13.4. The summed E-state index contributed by atoms with van der Waals surface area (Å²) in [5.74, 6) is 0.706. The van der Waals surface area contributed by atoms with Crippen LogP contribution in [0.1, 0.15) is 32.2 Å². The molecule has 2 aromatic rings. The minimum Gasteiger partial charge on any atom is -0.494 e. The third-order valence-corrected chi connectivity index (χ3v) is 3.39. The maximum atomic E-state index is 13.4. The highest BCUT2D eigenvalue weighted by atomic mass is 19.1. The average Bonchev–Trinajstić information content (AvgIpc) is 2.95. The molecule has 1 heterocycles. The van der Waals surface area contributed by atoms with E-state index in [9.17, 15) is 4.39 Å². The zero-order valence-corrected chi connectivity index (χ0v) is 11.8. The first-order valence-corrected chi connectivity index (χ1v) is 6.49. The Morgan fingerprint density at radius 3 is 2.85 bits per heavy atom. The molecule has 2 rings (SSSR count). The van der Waals surface area contributed by atoms with E-state index in [2.05, 4.69) is 10.1 Å². The topological polar surface area (TPSA) is 74.2 Å². The lowest BCUT2D eigenvalue weighted by Gasteiger charge is -2.12. The molecular formula is C14H18FN3O2. The van der Waals surface area contributed by atoms with Gasteiger partial charge in [0.25, 0.3) is 0 Å². The number of hydrogen-bond acceptors (Lipinski definition) is 5. The van der Waals surface area contributed by atoms with Gasteiger partial charge in [0.1, 0.15) is 0 Å². The van der Waals surface area contributed by atoms with Crippen molar-refractivity contribution in [1.29, 1.82) is 0 Å². The van der Waals surface area contributed by atoms with Crippen LogP contribution in [0.25, 0.3) is 11.4 Å². The minimum absolute atomic E-state index is 0.139. The number of halogens is 1. The predicted octanol–water partition coefficient (Wildman–Crippen LogP) is 2.93. The second-order valence-electron chi connectivity index (χ2n) is 4.72. The Morgan fingerprint density at radius 1 is 1.45 bits per heavy atom. The molecule has 0 aliphatic heterocycles. The van der Waals surface area contributed by atoms with Gasteiger partial charge in [-0.05, 0) is 24.1 Å². The average molecular weight is 279 g/mol. The third kappa shape index (κ3) is 2.80. The van der Waals surface area contributed by atoms with Gasteiger partial charge in [0.05, 0.1) is 13.2 Å². The Hall–Kier alpha value is -1.95. The summed E-state index contributed by atoms with van der Waals surface area (Å²) in [6.45, 7) is 4.07. The van der Waals surface area contributed by atoms with E-state index in [0.29, 0.717) is 17.3 Å². The van der Waals surface area contributed by atoms with E-state index in [1.165, 1.54) is 19.2 Å². The Morgan fingerprint density at radius 2 is 2.20 bits per heavy atom. The predicted molar refractivity (Wildman–Crippen MR) is 72.6 cm³/mol. The molecular weight excluding hydrogens is 261 g/mol. The van der Waals surface area contributed by atoms with Crippen molar-refractivity contribution < 1.29 is 13.7 Å². The molecule has 5 nitrogen and oxygen atoms in total. The molecule has 0 amide bonds. The van der Waals surface area contributed by atoms with Gasteiger partial charge in [-0.15, -0.1) is 0 Å². The Balaban J connectivity index is 2.29. The van der Waals surface area contributed by atoms with Crippen molar-refractivity contribution in [2.24, 2.45) is 11.7 Å². The summed E-state index contributed by atoms with van der Waals surface area (Å²) in [4.78, 5) is 4.27. The van der Waals surface area contributed by atoms with Crippen LogP contribution < -0.4 is 10.5 Å². The van der Waals surface area contributed by atoms with E-state index in [4.69, 9.17) is 15.0 Å². The van der Waals surface area contributed by atoms with Gasteiger partial charge in [0.15, 0.2) is 11.6 Å². The van der Waals surface area contributed by atoms with Crippen LogP contribution in [0.15, 0.2) is 22.7 Å². The molecule has 1 aromatic carbocycles. The molecule has 0 bridgehead atoms. The van der Waals surface area contributed by atoms with Crippen molar-refractivity contribution in [3.05, 3.63) is 29.9 Å². The van der Waals surface area contributed by atoms with Crippen LogP contribution in [-0.4, -0.2) is 17.3 Å². The molecule has 2 N–H and O–H groups in total. The number of aromatic nitrogens is 2. The molecule has 0 saturated heterocycles. The fourth-order valence-corrected chi connectivity index (χ4v) is 1.78. The first-order valence-electron chi connectivity index (χ1n) is 6.49. The summed E-state index contributed by atoms with van der Waals surface area (Å²) in [6, 6.07) is 4.10. The zero-order chi connectivity index (χ0) is 14.7. The highest BCUT2D eigenvalue weighted by Gasteiger charge is 2.20. The first-order chi connectivity index (χ1) is 9.56. The number of ether oxygens (including phenoxy) is 1. The number of methoxy groups -OCH3 is 1. The molecule has 0 radical (unpaired) electrons. The first kappa shape index (κ1) is 14.5. The van der Waals surface area contributed by atoms with Gasteiger partial charge in [0.2, 0.25) is 11.7 Å². The summed E-state index contributed by atoms with van der Waals surface area (Å²) in [6.07, 6.45) is 0.920. The fraction of sp³-hybridized carbons (Fsp3) is 0.429. The quantitative estimate of drug-likeness (QED) is 0.910. The molecule has 0 saturated carbocycles. The molecule has 2 atom stereocenters. The lowest BCUT2D eigenvalue weighted by Crippen LogP contribution is -2.18. The van der Waals surface area contributed by atoms with Gasteiger partial charge in [0, 0.05) is 5.56 Å². The van der Waals surface area contributed by atoms with E-state index in [1.807, 2.05) is 13.8 Å². The van der Waals surface area contributed by atoms with Crippen LogP contribution >= 0.6 is 0 Å². The highest BCUT2D eigenvalue weighted by molar-refractivity contribution is 5.57. The monoisotopic (exact) mass is 279 g/mol. The molecule has 0 aliphatic rings. The van der Waals surface area contributed by atoms with Crippen molar-refractivity contribution in [1.82, 2.24) is 10.1 Å². The third-order valence-electron chi connectivity index (χ3n) is 3.39. The van der Waals surface area contributed by atoms with Gasteiger partial charge in [-0.25, -0.2) is 4.39 Å². The van der Waals surface area contributed by atoms with Crippen molar-refractivity contribution in [2.45, 2.75) is 26.3 Å². The van der Waals surface area contributed by atoms with Gasteiger partial charge < -0.3 is 15.0 Å². The van der Waals surface area contributed by atoms with E-state index in [-0.39, 0.29) is 17.7 Å². The van der Waals surface area contributed by atoms with Crippen LogP contribution in [0, 0.1) is 11.7 Å². The van der Waals surface area contributed by atoms with Crippen LogP contribution in [0.5, 0.6) is 5.75 Å². The smallest absolute Gasteiger partial charge is 0.244 e. The van der Waals surface area contributed by atoms with E-state index in [0.717, 1.165) is 6.42 Å². The largest absolute Gasteiger partial charge is 0.494 e. The second-order valence-corrected chi connectivity index (χ2v) is 4.72. The van der Waals surface area contributed by atoms with Gasteiger partial charge in [-0.1, -0.05) is 25.4 Å². The minimum atomic E-state index is -0.434. The van der Waals surface area contributed by atoms with Gasteiger partial charge >= 0.3 is 0 Å². The Bertz CT molecular complexity index is 586. The lowest BCUT2D eigenvalue weighted by atomic mass is 10.0. The number of nitrogens with zero attached hydrogens (tertiary/aromatic N) is 2. The molecule has 20 heavy (non-hydrogen) atoms. The summed E-state index contributed by atoms with van der Waals surface area (Å²) in [5.41, 5.74) is 6.66. The van der Waals surface area contributed by atoms with Gasteiger partial charge in [-0.2, -0.15) is 4.98 Å². The van der Waals surface area contributed by atoms with E-state index >= 15 is 0 Å². The SMILES string of the molecule is CC[C@H](C)[C@H](N)c1nc(-c2ccc(F)c(OC)c2)no1. The van der Waals surface area contributed by atoms with Crippen LogP contribution in [0.2, 0.25) is 0 Å². The molecule has 0 unspecified atom stereocenters. The molecule has 108 valence electrons. The fourth-order valence-electron chi connectivity index (χ4n) is 1.78. The standard InChI is InChI=1S/C14H18FN3O2/c1-4-8(2)12(16)14-17-13(18-20-14)9-5-6-10(15)11(7-9)19-3/h5-8,12H,4,16H2,1-3H3/t8-,12-/m0/s1. The summed E-state index contributed by atoms with van der Waals surface area (Å²) in [7, 11) is 1.41. The summed E-state index contributed by atoms with van der Waals surface area (Å²) >= 11 is 0. The van der Waals surface area contributed by atoms with Crippen molar-refractivity contribution in [3.63, 3.8) is 0 Å². The summed E-state index contributed by atoms with van der Waals surface area (Å²) in [5, 5.41) is 3.89. The normalized spacial score (nSPS) is 14.1. The lowest BCUT2D eigenvalue weighted by molar-refractivity contribution is 0.312. The molecule has 6 heteroatoms. The molecule has 1 aromatic heterocycles. The zero-order valence-electron chi connectivity index (χ0n) is 11.8. The summed E-state index contributed by atoms with van der Waals surface area (Å²) < 4.78 is 23.5. The van der Waals surface area contributed by atoms with E-state index in [1.54, 1.807) is 6.07 Å². The van der Waals surface area contributed by atoms with Crippen molar-refractivity contribution in [2.75, 3.05) is 7.11 Å². The Kier molecular flexibility index (Phi) is 4.34. The molecule has 0 spiro atoms. The second kappa shape index (κ2) is 6.00. The number of rotatable bonds is 5. The van der Waals surface area contributed by atoms with Crippen LogP contribution in [-0.2, 0) is 0 Å². The van der Waals surface area contributed by atoms with Gasteiger partial charge in [-0.3, -0.25) is 0 Å². The van der Waals surface area contributed by atoms with Crippen LogP contribution in [0.4, 0.5) is 4.39 Å².